The van der Waals surface area contributed by atoms with E-state index in [1.807, 2.05) is 27.7 Å². The largest absolute Gasteiger partial charge is 0.496 e. The molecule has 0 bridgehead atoms. The van der Waals surface area contributed by atoms with Crippen LogP contribution in [0.5, 0.6) is 0 Å². The predicted octanol–water partition coefficient (Wildman–Crippen LogP) is 2.46. The molecule has 1 aliphatic rings. The fourth-order valence-electron chi connectivity index (χ4n) is 2.20. The van der Waals surface area contributed by atoms with Gasteiger partial charge in [0.1, 0.15) is 11.9 Å². The molecule has 0 amide bonds. The number of hydrogen-bond acceptors (Lipinski definition) is 5. The molecule has 1 saturated heterocycles. The van der Waals surface area contributed by atoms with E-state index in [2.05, 4.69) is 23.3 Å². The van der Waals surface area contributed by atoms with E-state index >= 15 is 0 Å². The fourth-order valence-corrected chi connectivity index (χ4v) is 2.20. The van der Waals surface area contributed by atoms with Crippen molar-refractivity contribution < 1.29 is 9.31 Å². The van der Waals surface area contributed by atoms with Crippen LogP contribution in [0.25, 0.3) is 0 Å². The van der Waals surface area contributed by atoms with Crippen LogP contribution >= 0.6 is 0 Å². The zero-order valence-corrected chi connectivity index (χ0v) is 14.1. The molecule has 118 valence electrons. The molecule has 1 aromatic heterocycles. The third kappa shape index (κ3) is 3.26. The highest BCUT2D eigenvalue weighted by Crippen LogP contribution is 2.36. The Labute approximate surface area is 133 Å². The van der Waals surface area contributed by atoms with Crippen molar-refractivity contribution in [1.29, 1.82) is 5.26 Å². The van der Waals surface area contributed by atoms with Gasteiger partial charge in [-0.2, -0.15) is 5.26 Å². The van der Waals surface area contributed by atoms with Gasteiger partial charge in [0.25, 0.3) is 0 Å². The van der Waals surface area contributed by atoms with E-state index in [0.29, 0.717) is 11.4 Å². The Morgan fingerprint density at radius 1 is 1.27 bits per heavy atom. The number of pyridine rings is 1. The van der Waals surface area contributed by atoms with Gasteiger partial charge < -0.3 is 14.6 Å². The van der Waals surface area contributed by atoms with Crippen molar-refractivity contribution in [2.75, 3.05) is 11.9 Å². The average Bonchev–Trinajstić information content (AvgIpc) is 2.68. The monoisotopic (exact) mass is 301 g/mol. The minimum absolute atomic E-state index is 0.400. The van der Waals surface area contributed by atoms with Gasteiger partial charge in [-0.25, -0.2) is 4.98 Å². The summed E-state index contributed by atoms with van der Waals surface area (Å²) in [5, 5.41) is 12.5. The number of anilines is 1. The maximum atomic E-state index is 9.34. The van der Waals surface area contributed by atoms with Gasteiger partial charge in [0.2, 0.25) is 0 Å². The second kappa shape index (κ2) is 6.27. The van der Waals surface area contributed by atoms with Crippen LogP contribution in [0.3, 0.4) is 0 Å². The topological polar surface area (TPSA) is 67.2 Å². The summed E-state index contributed by atoms with van der Waals surface area (Å²) in [4.78, 5) is 4.37. The number of nitrogens with zero attached hydrogens (tertiary/aromatic N) is 2. The van der Waals surface area contributed by atoms with Crippen molar-refractivity contribution in [3.8, 4) is 6.07 Å². The Balaban J connectivity index is 2.19. The lowest BCUT2D eigenvalue weighted by atomic mass is 9.79. The standard InChI is InChI=1S/C16H24BN3O2/c1-6-7-8-19-14-12(10-18)9-13(11-20-14)17-21-15(2,3)16(4,5)22-17/h9,11H,6-8H2,1-5H3,(H,19,20). The highest BCUT2D eigenvalue weighted by atomic mass is 16.7. The average molecular weight is 301 g/mol. The van der Waals surface area contributed by atoms with Gasteiger partial charge in [-0.05, 0) is 40.2 Å². The molecule has 22 heavy (non-hydrogen) atoms. The Morgan fingerprint density at radius 3 is 2.45 bits per heavy atom. The zero-order chi connectivity index (χ0) is 16.4. The predicted molar refractivity (Wildman–Crippen MR) is 88.1 cm³/mol. The van der Waals surface area contributed by atoms with E-state index in [4.69, 9.17) is 9.31 Å². The quantitative estimate of drug-likeness (QED) is 0.668. The Bertz CT molecular complexity index is 565. The first-order valence-electron chi connectivity index (χ1n) is 7.80. The first-order valence-corrected chi connectivity index (χ1v) is 7.80. The van der Waals surface area contributed by atoms with E-state index < -0.39 is 18.3 Å². The molecule has 1 fully saturated rings. The van der Waals surface area contributed by atoms with Gasteiger partial charge in [0, 0.05) is 18.2 Å². The molecule has 5 nitrogen and oxygen atoms in total. The Hall–Kier alpha value is -1.58. The van der Waals surface area contributed by atoms with Crippen LogP contribution < -0.4 is 10.8 Å². The van der Waals surface area contributed by atoms with Crippen LogP contribution in [0.15, 0.2) is 12.3 Å². The van der Waals surface area contributed by atoms with Crippen molar-refractivity contribution in [1.82, 2.24) is 4.98 Å². The molecule has 2 rings (SSSR count). The van der Waals surface area contributed by atoms with Crippen LogP contribution in [0, 0.1) is 11.3 Å². The third-order valence-corrected chi connectivity index (χ3v) is 4.38. The van der Waals surface area contributed by atoms with Gasteiger partial charge in [0.05, 0.1) is 16.8 Å². The lowest BCUT2D eigenvalue weighted by Crippen LogP contribution is -2.41. The summed E-state index contributed by atoms with van der Waals surface area (Å²) in [5.74, 6) is 0.621. The first-order chi connectivity index (χ1) is 10.3. The van der Waals surface area contributed by atoms with E-state index in [1.54, 1.807) is 12.3 Å². The van der Waals surface area contributed by atoms with Gasteiger partial charge in [-0.3, -0.25) is 0 Å². The molecule has 0 saturated carbocycles. The molecule has 0 aromatic carbocycles. The van der Waals surface area contributed by atoms with Crippen LogP contribution in [0.4, 0.5) is 5.82 Å². The molecule has 1 N–H and O–H groups in total. The number of nitrogens with one attached hydrogen (secondary N) is 1. The summed E-state index contributed by atoms with van der Waals surface area (Å²) in [6.07, 6.45) is 3.86. The molecule has 0 spiro atoms. The highest BCUT2D eigenvalue weighted by Gasteiger charge is 2.51. The van der Waals surface area contributed by atoms with Crippen LogP contribution in [0.1, 0.15) is 53.0 Å². The number of unbranched alkanes of at least 4 members (excludes halogenated alkanes) is 1. The van der Waals surface area contributed by atoms with Gasteiger partial charge in [-0.1, -0.05) is 13.3 Å². The van der Waals surface area contributed by atoms with E-state index in [9.17, 15) is 5.26 Å². The lowest BCUT2D eigenvalue weighted by molar-refractivity contribution is 0.00578. The summed E-state index contributed by atoms with van der Waals surface area (Å²) < 4.78 is 12.0. The van der Waals surface area contributed by atoms with Gasteiger partial charge >= 0.3 is 7.12 Å². The Morgan fingerprint density at radius 2 is 1.91 bits per heavy atom. The molecule has 2 heterocycles. The lowest BCUT2D eigenvalue weighted by Gasteiger charge is -2.32. The minimum atomic E-state index is -0.491. The van der Waals surface area contributed by atoms with Gasteiger partial charge in [0.15, 0.2) is 0 Å². The smallest absolute Gasteiger partial charge is 0.399 e. The van der Waals surface area contributed by atoms with Crippen LogP contribution in [0.2, 0.25) is 0 Å². The molecule has 0 radical (unpaired) electrons. The maximum absolute atomic E-state index is 9.34. The van der Waals surface area contributed by atoms with Crippen LogP contribution in [-0.2, 0) is 9.31 Å². The molecule has 6 heteroatoms. The van der Waals surface area contributed by atoms with Crippen molar-refractivity contribution in [3.63, 3.8) is 0 Å². The van der Waals surface area contributed by atoms with Crippen molar-refractivity contribution in [2.24, 2.45) is 0 Å². The molecular formula is C16H24BN3O2. The molecule has 0 unspecified atom stereocenters. The van der Waals surface area contributed by atoms with E-state index in [0.717, 1.165) is 24.8 Å². The van der Waals surface area contributed by atoms with Crippen molar-refractivity contribution in [3.05, 3.63) is 17.8 Å². The fraction of sp³-hybridized carbons (Fsp3) is 0.625. The third-order valence-electron chi connectivity index (χ3n) is 4.38. The number of rotatable bonds is 5. The number of aromatic nitrogens is 1. The molecule has 1 aliphatic heterocycles. The highest BCUT2D eigenvalue weighted by molar-refractivity contribution is 6.62. The molecule has 1 aromatic rings. The summed E-state index contributed by atoms with van der Waals surface area (Å²) >= 11 is 0. The first kappa shape index (κ1) is 16.8. The maximum Gasteiger partial charge on any atom is 0.496 e. The van der Waals surface area contributed by atoms with Crippen molar-refractivity contribution in [2.45, 2.75) is 58.7 Å². The minimum Gasteiger partial charge on any atom is -0.399 e. The van der Waals surface area contributed by atoms with Crippen LogP contribution in [-0.4, -0.2) is 29.8 Å². The van der Waals surface area contributed by atoms with E-state index in [-0.39, 0.29) is 0 Å². The van der Waals surface area contributed by atoms with Gasteiger partial charge in [-0.15, -0.1) is 0 Å². The number of nitriles is 1. The summed E-state index contributed by atoms with van der Waals surface area (Å²) in [5.41, 5.74) is 0.491. The van der Waals surface area contributed by atoms with E-state index in [1.165, 1.54) is 0 Å². The second-order valence-corrected chi connectivity index (χ2v) is 6.65. The second-order valence-electron chi connectivity index (χ2n) is 6.65. The van der Waals surface area contributed by atoms with Crippen molar-refractivity contribution >= 4 is 18.4 Å². The zero-order valence-electron chi connectivity index (χ0n) is 14.1. The summed E-state index contributed by atoms with van der Waals surface area (Å²) in [7, 11) is -0.491. The molecule has 0 aliphatic carbocycles. The number of hydrogen-bond donors (Lipinski definition) is 1. The summed E-state index contributed by atoms with van der Waals surface area (Å²) in [6, 6.07) is 3.99. The summed E-state index contributed by atoms with van der Waals surface area (Å²) in [6.45, 7) is 11.0. The molecular weight excluding hydrogens is 277 g/mol. The SMILES string of the molecule is CCCCNc1ncc(B2OC(C)(C)C(C)(C)O2)cc1C#N. The Kier molecular flexibility index (Phi) is 4.79. The molecule has 0 atom stereocenters. The normalized spacial score (nSPS) is 19.0.